The molecule has 0 saturated carbocycles. The first-order valence-corrected chi connectivity index (χ1v) is 8.85. The fraction of sp³-hybridized carbons (Fsp3) is 0.316. The van der Waals surface area contributed by atoms with Gasteiger partial charge in [-0.05, 0) is 18.2 Å². The molecule has 0 radical (unpaired) electrons. The second kappa shape index (κ2) is 7.14. The van der Waals surface area contributed by atoms with Crippen LogP contribution >= 0.6 is 0 Å². The Hall–Kier alpha value is -3.29. The van der Waals surface area contributed by atoms with Gasteiger partial charge in [0.15, 0.2) is 5.75 Å². The number of nitrogens with zero attached hydrogens (tertiary/aromatic N) is 4. The summed E-state index contributed by atoms with van der Waals surface area (Å²) in [6.07, 6.45) is 3.43. The van der Waals surface area contributed by atoms with Crippen LogP contribution in [0.15, 0.2) is 47.5 Å². The number of aromatic amines is 1. The number of aromatic nitrogens is 3. The highest BCUT2D eigenvalue weighted by Gasteiger charge is 2.24. The minimum atomic E-state index is -0.260. The van der Waals surface area contributed by atoms with E-state index < -0.39 is 0 Å². The number of H-pyrrole nitrogens is 1. The number of benzene rings is 1. The molecule has 8 nitrogen and oxygen atoms in total. The van der Waals surface area contributed by atoms with Gasteiger partial charge in [-0.3, -0.25) is 14.3 Å². The van der Waals surface area contributed by atoms with Crippen molar-refractivity contribution in [2.45, 2.75) is 6.54 Å². The van der Waals surface area contributed by atoms with Crippen molar-refractivity contribution in [3.63, 3.8) is 0 Å². The van der Waals surface area contributed by atoms with E-state index in [9.17, 15) is 9.59 Å². The highest BCUT2D eigenvalue weighted by atomic mass is 16.5. The van der Waals surface area contributed by atoms with Gasteiger partial charge < -0.3 is 19.5 Å². The van der Waals surface area contributed by atoms with E-state index in [0.29, 0.717) is 26.2 Å². The number of carbonyl (C=O) groups excluding carboxylic acids is 1. The lowest BCUT2D eigenvalue weighted by Gasteiger charge is -2.36. The van der Waals surface area contributed by atoms with Gasteiger partial charge in [0.25, 0.3) is 0 Å². The second-order valence-corrected chi connectivity index (χ2v) is 6.45. The molecule has 1 aliphatic rings. The zero-order valence-electron chi connectivity index (χ0n) is 15.1. The van der Waals surface area contributed by atoms with Gasteiger partial charge in [0.05, 0.1) is 30.0 Å². The van der Waals surface area contributed by atoms with Crippen molar-refractivity contribution < 1.29 is 9.53 Å². The van der Waals surface area contributed by atoms with Crippen LogP contribution in [0.5, 0.6) is 5.75 Å². The van der Waals surface area contributed by atoms with E-state index in [1.807, 2.05) is 30.3 Å². The van der Waals surface area contributed by atoms with Crippen molar-refractivity contribution in [3.8, 4) is 5.75 Å². The molecule has 3 heterocycles. The van der Waals surface area contributed by atoms with Crippen molar-refractivity contribution in [1.82, 2.24) is 19.4 Å². The standard InChI is InChI=1S/C19H21N5O3/c1-27-17-12-20-7-6-16(17)22-8-10-23(11-9-22)18(25)13-24-15-5-3-2-4-14(15)21-19(24)26/h2-7,12H,8-11,13H2,1H3,(H,21,26). The molecule has 27 heavy (non-hydrogen) atoms. The van der Waals surface area contributed by atoms with Crippen molar-refractivity contribution in [1.29, 1.82) is 0 Å². The van der Waals surface area contributed by atoms with Crippen LogP contribution in [0.3, 0.4) is 0 Å². The third kappa shape index (κ3) is 3.25. The number of piperazine rings is 1. The molecule has 8 heteroatoms. The maximum absolute atomic E-state index is 12.7. The Balaban J connectivity index is 1.44. The van der Waals surface area contributed by atoms with Crippen molar-refractivity contribution >= 4 is 22.6 Å². The molecule has 0 unspecified atom stereocenters. The summed E-state index contributed by atoms with van der Waals surface area (Å²) in [5, 5.41) is 0. The molecule has 1 amide bonds. The number of hydrogen-bond acceptors (Lipinski definition) is 5. The Morgan fingerprint density at radius 3 is 2.74 bits per heavy atom. The van der Waals surface area contributed by atoms with E-state index in [1.54, 1.807) is 24.4 Å². The first kappa shape index (κ1) is 17.1. The summed E-state index contributed by atoms with van der Waals surface area (Å²) in [5.41, 5.74) is 2.21. The maximum Gasteiger partial charge on any atom is 0.326 e. The molecule has 3 aromatic rings. The molecule has 0 atom stereocenters. The smallest absolute Gasteiger partial charge is 0.326 e. The van der Waals surface area contributed by atoms with Crippen molar-refractivity contribution in [2.75, 3.05) is 38.2 Å². The van der Waals surface area contributed by atoms with Gasteiger partial charge in [0, 0.05) is 32.4 Å². The number of anilines is 1. The molecule has 4 rings (SSSR count). The average molecular weight is 367 g/mol. The lowest BCUT2D eigenvalue weighted by molar-refractivity contribution is -0.132. The van der Waals surface area contributed by atoms with Gasteiger partial charge in [-0.25, -0.2) is 4.79 Å². The minimum Gasteiger partial charge on any atom is -0.493 e. The molecule has 1 saturated heterocycles. The fourth-order valence-corrected chi connectivity index (χ4v) is 3.49. The van der Waals surface area contributed by atoms with Crippen LogP contribution in [-0.4, -0.2) is 58.6 Å². The minimum absolute atomic E-state index is 0.0431. The van der Waals surface area contributed by atoms with Crippen molar-refractivity contribution in [2.24, 2.45) is 0 Å². The lowest BCUT2D eigenvalue weighted by Crippen LogP contribution is -2.50. The second-order valence-electron chi connectivity index (χ2n) is 6.45. The number of nitrogens with one attached hydrogen (secondary N) is 1. The van der Waals surface area contributed by atoms with E-state index in [4.69, 9.17) is 4.74 Å². The molecular formula is C19H21N5O3. The Bertz CT molecular complexity index is 1020. The van der Waals surface area contributed by atoms with Crippen LogP contribution in [-0.2, 0) is 11.3 Å². The number of carbonyl (C=O) groups is 1. The predicted molar refractivity (Wildman–Crippen MR) is 102 cm³/mol. The molecule has 1 N–H and O–H groups in total. The number of para-hydroxylation sites is 2. The van der Waals surface area contributed by atoms with Crippen molar-refractivity contribution in [3.05, 3.63) is 53.2 Å². The Morgan fingerprint density at radius 2 is 1.96 bits per heavy atom. The topological polar surface area (TPSA) is 83.5 Å². The highest BCUT2D eigenvalue weighted by Crippen LogP contribution is 2.27. The summed E-state index contributed by atoms with van der Waals surface area (Å²) in [6, 6.07) is 9.31. The van der Waals surface area contributed by atoms with Gasteiger partial charge in [0.1, 0.15) is 6.54 Å². The maximum atomic E-state index is 12.7. The number of hydrogen-bond donors (Lipinski definition) is 1. The number of amides is 1. The third-order valence-electron chi connectivity index (χ3n) is 4.93. The molecule has 1 fully saturated rings. The third-order valence-corrected chi connectivity index (χ3v) is 4.93. The molecule has 1 aliphatic heterocycles. The fourth-order valence-electron chi connectivity index (χ4n) is 3.49. The zero-order chi connectivity index (χ0) is 18.8. The molecule has 0 aliphatic carbocycles. The van der Waals surface area contributed by atoms with Gasteiger partial charge in [-0.2, -0.15) is 0 Å². The Labute approximate surface area is 156 Å². The first-order valence-electron chi connectivity index (χ1n) is 8.85. The number of pyridine rings is 1. The molecular weight excluding hydrogens is 346 g/mol. The van der Waals surface area contributed by atoms with Crippen LogP contribution in [0, 0.1) is 0 Å². The van der Waals surface area contributed by atoms with Crippen LogP contribution in [0.4, 0.5) is 5.69 Å². The van der Waals surface area contributed by atoms with Crippen LogP contribution in [0.1, 0.15) is 0 Å². The SMILES string of the molecule is COc1cnccc1N1CCN(C(=O)Cn2c(=O)[nH]c3ccccc32)CC1. The summed E-state index contributed by atoms with van der Waals surface area (Å²) in [5.74, 6) is 0.672. The van der Waals surface area contributed by atoms with E-state index in [-0.39, 0.29) is 18.1 Å². The van der Waals surface area contributed by atoms with Gasteiger partial charge in [0.2, 0.25) is 5.91 Å². The van der Waals surface area contributed by atoms with Gasteiger partial charge in [-0.15, -0.1) is 0 Å². The monoisotopic (exact) mass is 367 g/mol. The number of methoxy groups -OCH3 is 1. The van der Waals surface area contributed by atoms with E-state index >= 15 is 0 Å². The Kier molecular flexibility index (Phi) is 4.53. The quantitative estimate of drug-likeness (QED) is 0.746. The predicted octanol–water partition coefficient (Wildman–Crippen LogP) is 1.08. The summed E-state index contributed by atoms with van der Waals surface area (Å²) < 4.78 is 6.87. The highest BCUT2D eigenvalue weighted by molar-refractivity contribution is 5.80. The number of imidazole rings is 1. The molecule has 2 aromatic heterocycles. The van der Waals surface area contributed by atoms with Crippen LogP contribution < -0.4 is 15.3 Å². The molecule has 0 bridgehead atoms. The van der Waals surface area contributed by atoms with Gasteiger partial charge >= 0.3 is 5.69 Å². The largest absolute Gasteiger partial charge is 0.493 e. The summed E-state index contributed by atoms with van der Waals surface area (Å²) in [7, 11) is 1.62. The molecule has 140 valence electrons. The average Bonchev–Trinajstić information content (AvgIpc) is 3.03. The Morgan fingerprint density at radius 1 is 1.19 bits per heavy atom. The van der Waals surface area contributed by atoms with E-state index in [0.717, 1.165) is 22.5 Å². The normalized spacial score (nSPS) is 14.6. The van der Waals surface area contributed by atoms with Gasteiger partial charge in [-0.1, -0.05) is 12.1 Å². The zero-order valence-corrected chi connectivity index (χ0v) is 15.1. The lowest BCUT2D eigenvalue weighted by atomic mass is 10.2. The van der Waals surface area contributed by atoms with E-state index in [1.165, 1.54) is 4.57 Å². The summed E-state index contributed by atoms with van der Waals surface area (Å²) in [4.78, 5) is 35.7. The number of rotatable bonds is 4. The first-order chi connectivity index (χ1) is 13.2. The summed E-state index contributed by atoms with van der Waals surface area (Å²) in [6.45, 7) is 2.65. The van der Waals surface area contributed by atoms with Crippen LogP contribution in [0.2, 0.25) is 0 Å². The molecule has 0 spiro atoms. The summed E-state index contributed by atoms with van der Waals surface area (Å²) >= 11 is 0. The number of fused-ring (bicyclic) bond motifs is 1. The molecule has 1 aromatic carbocycles. The van der Waals surface area contributed by atoms with E-state index in [2.05, 4.69) is 14.9 Å². The van der Waals surface area contributed by atoms with Crippen LogP contribution in [0.25, 0.3) is 11.0 Å². The number of ether oxygens (including phenoxy) is 1.